The van der Waals surface area contributed by atoms with Crippen LogP contribution < -0.4 is 0 Å². The van der Waals surface area contributed by atoms with Crippen molar-refractivity contribution < 1.29 is 9.59 Å². The Morgan fingerprint density at radius 3 is 2.38 bits per heavy atom. The molecule has 8 nitrogen and oxygen atoms in total. The van der Waals surface area contributed by atoms with Crippen LogP contribution in [0.25, 0.3) is 11.0 Å². The Bertz CT molecular complexity index is 907. The van der Waals surface area contributed by atoms with E-state index in [0.29, 0.717) is 25.2 Å². The summed E-state index contributed by atoms with van der Waals surface area (Å²) in [5.74, 6) is 0.231. The standard InChI is InChI=1S/C21H30N6O2/c1-15(2)27-20-17(13-22-27)12-18(16(3)23-20)21(29)26-10-8-24(9-11-26)14-19(28)25-6-4-5-7-25/h12-13,15H,4-11,14H2,1-3H3. The smallest absolute Gasteiger partial charge is 0.255 e. The second-order valence-corrected chi connectivity index (χ2v) is 8.37. The van der Waals surface area contributed by atoms with Crippen molar-refractivity contribution in [2.75, 3.05) is 45.8 Å². The van der Waals surface area contributed by atoms with Crippen LogP contribution in [-0.2, 0) is 4.79 Å². The molecule has 2 aromatic heterocycles. The molecule has 2 aliphatic heterocycles. The average Bonchev–Trinajstić information content (AvgIpc) is 3.37. The summed E-state index contributed by atoms with van der Waals surface area (Å²) in [6, 6.07) is 2.13. The minimum atomic E-state index is 0.0136. The first-order valence-corrected chi connectivity index (χ1v) is 10.6. The molecule has 2 amide bonds. The zero-order chi connectivity index (χ0) is 20.5. The van der Waals surface area contributed by atoms with Gasteiger partial charge >= 0.3 is 0 Å². The second kappa shape index (κ2) is 8.10. The Morgan fingerprint density at radius 2 is 1.72 bits per heavy atom. The van der Waals surface area contributed by atoms with Crippen LogP contribution in [0.15, 0.2) is 12.3 Å². The van der Waals surface area contributed by atoms with Gasteiger partial charge in [0.15, 0.2) is 5.65 Å². The van der Waals surface area contributed by atoms with Crippen molar-refractivity contribution in [2.45, 2.75) is 39.7 Å². The Kier molecular flexibility index (Phi) is 5.54. The van der Waals surface area contributed by atoms with Crippen LogP contribution in [0.1, 0.15) is 48.8 Å². The van der Waals surface area contributed by atoms with Crippen LogP contribution in [0.2, 0.25) is 0 Å². The lowest BCUT2D eigenvalue weighted by Gasteiger charge is -2.35. The fraction of sp³-hybridized carbons (Fsp3) is 0.619. The third kappa shape index (κ3) is 3.99. The number of rotatable bonds is 4. The minimum absolute atomic E-state index is 0.0136. The van der Waals surface area contributed by atoms with Crippen molar-refractivity contribution >= 4 is 22.8 Å². The van der Waals surface area contributed by atoms with Gasteiger partial charge in [0.2, 0.25) is 5.91 Å². The normalized spacial score (nSPS) is 18.2. The van der Waals surface area contributed by atoms with Crippen LogP contribution in [0.3, 0.4) is 0 Å². The molecule has 0 atom stereocenters. The Labute approximate surface area is 171 Å². The first-order chi connectivity index (χ1) is 13.9. The molecule has 0 aliphatic carbocycles. The summed E-state index contributed by atoms with van der Waals surface area (Å²) in [6.07, 6.45) is 4.00. The lowest BCUT2D eigenvalue weighted by atomic mass is 10.1. The van der Waals surface area contributed by atoms with E-state index in [1.54, 1.807) is 6.20 Å². The van der Waals surface area contributed by atoms with Gasteiger partial charge in [0.1, 0.15) is 0 Å². The Balaban J connectivity index is 1.40. The van der Waals surface area contributed by atoms with E-state index in [0.717, 1.165) is 55.7 Å². The molecule has 0 saturated carbocycles. The number of carbonyl (C=O) groups excluding carboxylic acids is 2. The number of hydrogen-bond donors (Lipinski definition) is 0. The van der Waals surface area contributed by atoms with E-state index in [1.165, 1.54) is 0 Å². The first-order valence-electron chi connectivity index (χ1n) is 10.6. The van der Waals surface area contributed by atoms with Crippen LogP contribution in [-0.4, -0.2) is 87.1 Å². The molecule has 2 aliphatic rings. The second-order valence-electron chi connectivity index (χ2n) is 8.37. The van der Waals surface area contributed by atoms with Gasteiger partial charge in [-0.05, 0) is 39.7 Å². The molecule has 29 heavy (non-hydrogen) atoms. The number of hydrogen-bond acceptors (Lipinski definition) is 5. The maximum atomic E-state index is 13.1. The highest BCUT2D eigenvalue weighted by Gasteiger charge is 2.27. The molecule has 2 aromatic rings. The quantitative estimate of drug-likeness (QED) is 0.784. The lowest BCUT2D eigenvalue weighted by Crippen LogP contribution is -2.51. The van der Waals surface area contributed by atoms with Crippen molar-refractivity contribution in [3.63, 3.8) is 0 Å². The third-order valence-corrected chi connectivity index (χ3v) is 5.96. The van der Waals surface area contributed by atoms with Crippen molar-refractivity contribution in [3.05, 3.63) is 23.5 Å². The van der Waals surface area contributed by atoms with Gasteiger partial charge in [-0.1, -0.05) is 0 Å². The van der Waals surface area contributed by atoms with Gasteiger partial charge in [-0.15, -0.1) is 0 Å². The Hall–Kier alpha value is -2.48. The monoisotopic (exact) mass is 398 g/mol. The summed E-state index contributed by atoms with van der Waals surface area (Å²) >= 11 is 0. The summed E-state index contributed by atoms with van der Waals surface area (Å²) in [7, 11) is 0. The summed E-state index contributed by atoms with van der Waals surface area (Å²) in [4.78, 5) is 36.1. The Morgan fingerprint density at radius 1 is 1.03 bits per heavy atom. The van der Waals surface area contributed by atoms with E-state index >= 15 is 0 Å². The van der Waals surface area contributed by atoms with E-state index in [2.05, 4.69) is 28.8 Å². The maximum absolute atomic E-state index is 13.1. The van der Waals surface area contributed by atoms with Gasteiger partial charge in [-0.25, -0.2) is 9.67 Å². The molecule has 2 saturated heterocycles. The van der Waals surface area contributed by atoms with Crippen LogP contribution in [0, 0.1) is 6.92 Å². The van der Waals surface area contributed by atoms with E-state index in [9.17, 15) is 9.59 Å². The van der Waals surface area contributed by atoms with Crippen molar-refractivity contribution in [2.24, 2.45) is 0 Å². The number of piperazine rings is 1. The number of amides is 2. The largest absolute Gasteiger partial charge is 0.342 e. The predicted molar refractivity (Wildman–Crippen MR) is 111 cm³/mol. The molecular formula is C21H30N6O2. The molecule has 0 unspecified atom stereocenters. The van der Waals surface area contributed by atoms with E-state index < -0.39 is 0 Å². The number of fused-ring (bicyclic) bond motifs is 1. The summed E-state index contributed by atoms with van der Waals surface area (Å²) in [6.45, 7) is 11.0. The van der Waals surface area contributed by atoms with Gasteiger partial charge in [-0.2, -0.15) is 5.10 Å². The highest BCUT2D eigenvalue weighted by atomic mass is 16.2. The van der Waals surface area contributed by atoms with Crippen molar-refractivity contribution in [3.8, 4) is 0 Å². The van der Waals surface area contributed by atoms with Crippen molar-refractivity contribution in [1.29, 1.82) is 0 Å². The zero-order valence-electron chi connectivity index (χ0n) is 17.6. The van der Waals surface area contributed by atoms with Crippen LogP contribution in [0.5, 0.6) is 0 Å². The molecule has 0 aromatic carbocycles. The van der Waals surface area contributed by atoms with Crippen LogP contribution >= 0.6 is 0 Å². The molecule has 0 N–H and O–H groups in total. The number of likely N-dealkylation sites (tertiary alicyclic amines) is 1. The van der Waals surface area contributed by atoms with Gasteiger partial charge < -0.3 is 9.80 Å². The average molecular weight is 399 g/mol. The maximum Gasteiger partial charge on any atom is 0.255 e. The van der Waals surface area contributed by atoms with Gasteiger partial charge in [0.05, 0.1) is 24.0 Å². The zero-order valence-corrected chi connectivity index (χ0v) is 17.6. The number of pyridine rings is 1. The van der Waals surface area contributed by atoms with E-state index in [-0.39, 0.29) is 17.9 Å². The fourth-order valence-electron chi connectivity index (χ4n) is 4.20. The molecule has 4 rings (SSSR count). The predicted octanol–water partition coefficient (Wildman–Crippen LogP) is 1.70. The highest BCUT2D eigenvalue weighted by molar-refractivity contribution is 5.98. The van der Waals surface area contributed by atoms with Crippen LogP contribution in [0.4, 0.5) is 0 Å². The number of nitrogens with zero attached hydrogens (tertiary/aromatic N) is 6. The fourth-order valence-corrected chi connectivity index (χ4v) is 4.20. The van der Waals surface area contributed by atoms with Gasteiger partial charge in [0.25, 0.3) is 5.91 Å². The molecule has 4 heterocycles. The molecule has 156 valence electrons. The summed E-state index contributed by atoms with van der Waals surface area (Å²) in [5.41, 5.74) is 2.19. The molecule has 0 radical (unpaired) electrons. The number of aryl methyl sites for hydroxylation is 1. The molecular weight excluding hydrogens is 368 g/mol. The molecule has 0 spiro atoms. The van der Waals surface area contributed by atoms with Gasteiger partial charge in [0, 0.05) is 50.7 Å². The van der Waals surface area contributed by atoms with Crippen molar-refractivity contribution in [1.82, 2.24) is 29.5 Å². The number of aromatic nitrogens is 3. The molecule has 2 fully saturated rings. The first kappa shape index (κ1) is 19.8. The number of carbonyl (C=O) groups is 2. The highest BCUT2D eigenvalue weighted by Crippen LogP contribution is 2.21. The minimum Gasteiger partial charge on any atom is -0.342 e. The van der Waals surface area contributed by atoms with E-state index in [4.69, 9.17) is 0 Å². The molecule has 0 bridgehead atoms. The van der Waals surface area contributed by atoms with E-state index in [1.807, 2.05) is 27.5 Å². The topological polar surface area (TPSA) is 74.6 Å². The SMILES string of the molecule is Cc1nc2c(cnn2C(C)C)cc1C(=O)N1CCN(CC(=O)N2CCCC2)CC1. The summed E-state index contributed by atoms with van der Waals surface area (Å²) < 4.78 is 1.88. The summed E-state index contributed by atoms with van der Waals surface area (Å²) in [5, 5.41) is 5.30. The van der Waals surface area contributed by atoms with Gasteiger partial charge in [-0.3, -0.25) is 14.5 Å². The third-order valence-electron chi connectivity index (χ3n) is 5.96. The lowest BCUT2D eigenvalue weighted by molar-refractivity contribution is -0.131. The molecule has 8 heteroatoms.